The van der Waals surface area contributed by atoms with Gasteiger partial charge in [0, 0.05) is 17.8 Å². The molecule has 29 heavy (non-hydrogen) atoms. The lowest BCUT2D eigenvalue weighted by Crippen LogP contribution is -2.31. The maximum absolute atomic E-state index is 14.3. The summed E-state index contributed by atoms with van der Waals surface area (Å²) in [6.45, 7) is -0.136. The van der Waals surface area contributed by atoms with Gasteiger partial charge in [-0.15, -0.1) is 13.2 Å². The normalized spacial score (nSPS) is 11.2. The molecule has 150 valence electrons. The van der Waals surface area contributed by atoms with Gasteiger partial charge in [-0.1, -0.05) is 6.07 Å². The molecule has 3 aromatic rings. The highest BCUT2D eigenvalue weighted by atomic mass is 19.4. The van der Waals surface area contributed by atoms with Crippen LogP contribution in [0.3, 0.4) is 0 Å². The molecule has 0 atom stereocenters. The molecule has 0 N–H and O–H groups in total. The van der Waals surface area contributed by atoms with Crippen LogP contribution in [0.2, 0.25) is 0 Å². The van der Waals surface area contributed by atoms with Crippen LogP contribution in [0.4, 0.5) is 27.6 Å². The van der Waals surface area contributed by atoms with Crippen molar-refractivity contribution in [1.82, 2.24) is 4.98 Å². The Morgan fingerprint density at radius 3 is 2.31 bits per heavy atom. The van der Waals surface area contributed by atoms with Crippen molar-refractivity contribution in [1.29, 1.82) is 0 Å². The molecular weight excluding hydrogens is 395 g/mol. The number of rotatable bonds is 5. The van der Waals surface area contributed by atoms with E-state index in [1.54, 1.807) is 18.2 Å². The second-order valence-corrected chi connectivity index (χ2v) is 5.88. The van der Waals surface area contributed by atoms with E-state index < -0.39 is 29.7 Å². The number of alkyl halides is 3. The van der Waals surface area contributed by atoms with E-state index in [2.05, 4.69) is 9.72 Å². The Bertz CT molecular complexity index is 992. The molecule has 1 amide bonds. The van der Waals surface area contributed by atoms with Crippen LogP contribution in [0.15, 0.2) is 66.9 Å². The molecule has 0 aliphatic heterocycles. The van der Waals surface area contributed by atoms with Crippen molar-refractivity contribution in [3.05, 3.63) is 89.8 Å². The van der Waals surface area contributed by atoms with Crippen molar-refractivity contribution in [2.75, 3.05) is 4.90 Å². The van der Waals surface area contributed by atoms with Crippen LogP contribution in [-0.2, 0) is 6.54 Å². The van der Waals surface area contributed by atoms with E-state index in [9.17, 15) is 26.7 Å². The summed E-state index contributed by atoms with van der Waals surface area (Å²) < 4.78 is 68.3. The lowest BCUT2D eigenvalue weighted by Gasteiger charge is -2.23. The molecule has 0 saturated heterocycles. The Hall–Kier alpha value is -3.49. The monoisotopic (exact) mass is 408 g/mol. The highest BCUT2D eigenvalue weighted by Gasteiger charge is 2.31. The Balaban J connectivity index is 1.93. The van der Waals surface area contributed by atoms with E-state index in [1.807, 2.05) is 0 Å². The lowest BCUT2D eigenvalue weighted by molar-refractivity contribution is -0.274. The van der Waals surface area contributed by atoms with Crippen LogP contribution < -0.4 is 9.64 Å². The standard InChI is InChI=1S/C20H13F5N2O2/c21-14-6-9-18(17(22)11-14)27(12-15-3-1-2-10-26-15)19(28)13-4-7-16(8-5-13)29-20(23,24)25/h1-11H,12H2. The number of carbonyl (C=O) groups excluding carboxylic acids is 1. The maximum Gasteiger partial charge on any atom is 0.573 e. The van der Waals surface area contributed by atoms with Crippen molar-refractivity contribution in [2.45, 2.75) is 12.9 Å². The van der Waals surface area contributed by atoms with Gasteiger partial charge in [-0.3, -0.25) is 14.7 Å². The van der Waals surface area contributed by atoms with Gasteiger partial charge in [0.15, 0.2) is 0 Å². The van der Waals surface area contributed by atoms with E-state index in [-0.39, 0.29) is 17.8 Å². The van der Waals surface area contributed by atoms with Gasteiger partial charge in [0.05, 0.1) is 17.9 Å². The molecule has 0 aliphatic rings. The third-order valence-corrected chi connectivity index (χ3v) is 3.83. The largest absolute Gasteiger partial charge is 0.573 e. The molecule has 2 aromatic carbocycles. The first-order valence-corrected chi connectivity index (χ1v) is 8.25. The van der Waals surface area contributed by atoms with E-state index in [4.69, 9.17) is 0 Å². The van der Waals surface area contributed by atoms with Crippen molar-refractivity contribution in [3.63, 3.8) is 0 Å². The van der Waals surface area contributed by atoms with E-state index in [0.717, 1.165) is 41.3 Å². The molecule has 1 heterocycles. The Labute approximate surface area is 162 Å². The fourth-order valence-corrected chi connectivity index (χ4v) is 2.58. The Morgan fingerprint density at radius 1 is 1.00 bits per heavy atom. The zero-order valence-electron chi connectivity index (χ0n) is 14.7. The number of carbonyl (C=O) groups is 1. The van der Waals surface area contributed by atoms with Crippen molar-refractivity contribution in [2.24, 2.45) is 0 Å². The molecule has 4 nitrogen and oxygen atoms in total. The molecule has 0 bridgehead atoms. The van der Waals surface area contributed by atoms with Crippen LogP contribution in [0.1, 0.15) is 16.1 Å². The van der Waals surface area contributed by atoms with Crippen molar-refractivity contribution in [3.8, 4) is 5.75 Å². The zero-order valence-corrected chi connectivity index (χ0v) is 14.7. The van der Waals surface area contributed by atoms with Crippen LogP contribution in [0.25, 0.3) is 0 Å². The molecule has 3 rings (SSSR count). The molecule has 0 spiro atoms. The van der Waals surface area contributed by atoms with Crippen LogP contribution in [0.5, 0.6) is 5.75 Å². The molecular formula is C20H13F5N2O2. The maximum atomic E-state index is 14.3. The van der Waals surface area contributed by atoms with Crippen molar-refractivity contribution >= 4 is 11.6 Å². The molecule has 1 aromatic heterocycles. The predicted molar refractivity (Wildman–Crippen MR) is 94.2 cm³/mol. The third kappa shape index (κ3) is 5.28. The summed E-state index contributed by atoms with van der Waals surface area (Å²) in [5.74, 6) is -2.99. The van der Waals surface area contributed by atoms with Gasteiger partial charge in [0.2, 0.25) is 0 Å². The summed E-state index contributed by atoms with van der Waals surface area (Å²) in [5, 5.41) is 0. The second-order valence-electron chi connectivity index (χ2n) is 5.88. The number of halogens is 5. The minimum Gasteiger partial charge on any atom is -0.406 e. The Kier molecular flexibility index (Phi) is 5.76. The molecule has 9 heteroatoms. The van der Waals surface area contributed by atoms with Gasteiger partial charge >= 0.3 is 6.36 Å². The number of pyridine rings is 1. The Morgan fingerprint density at radius 2 is 1.72 bits per heavy atom. The first-order chi connectivity index (χ1) is 13.7. The summed E-state index contributed by atoms with van der Waals surface area (Å²) in [5.41, 5.74) is 0.221. The first kappa shape index (κ1) is 20.2. The quantitative estimate of drug-likeness (QED) is 0.552. The number of amides is 1. The number of hydrogen-bond donors (Lipinski definition) is 0. The van der Waals surface area contributed by atoms with Gasteiger partial charge in [-0.25, -0.2) is 8.78 Å². The van der Waals surface area contributed by atoms with Gasteiger partial charge in [-0.2, -0.15) is 0 Å². The zero-order chi connectivity index (χ0) is 21.0. The summed E-state index contributed by atoms with van der Waals surface area (Å²) in [6, 6.07) is 11.9. The molecule has 0 fully saturated rings. The number of nitrogens with zero attached hydrogens (tertiary/aromatic N) is 2. The summed E-state index contributed by atoms with van der Waals surface area (Å²) in [4.78, 5) is 18.1. The number of anilines is 1. The smallest absolute Gasteiger partial charge is 0.406 e. The molecule has 0 unspecified atom stereocenters. The third-order valence-electron chi connectivity index (χ3n) is 3.83. The predicted octanol–water partition coefficient (Wildman–Crippen LogP) is 5.11. The number of hydrogen-bond acceptors (Lipinski definition) is 3. The van der Waals surface area contributed by atoms with Gasteiger partial charge in [-0.05, 0) is 48.5 Å². The van der Waals surface area contributed by atoms with Crippen LogP contribution >= 0.6 is 0 Å². The van der Waals surface area contributed by atoms with Crippen LogP contribution in [0, 0.1) is 11.6 Å². The fraction of sp³-hybridized carbons (Fsp3) is 0.100. The number of aromatic nitrogens is 1. The van der Waals surface area contributed by atoms with E-state index >= 15 is 0 Å². The minimum absolute atomic E-state index is 0.0146. The van der Waals surface area contributed by atoms with Crippen molar-refractivity contribution < 1.29 is 31.5 Å². The first-order valence-electron chi connectivity index (χ1n) is 8.25. The van der Waals surface area contributed by atoms with Gasteiger partial charge in [0.25, 0.3) is 5.91 Å². The molecule has 0 aliphatic carbocycles. The number of benzene rings is 2. The summed E-state index contributed by atoms with van der Waals surface area (Å²) >= 11 is 0. The molecule has 0 saturated carbocycles. The van der Waals surface area contributed by atoms with Crippen LogP contribution in [-0.4, -0.2) is 17.3 Å². The average molecular weight is 408 g/mol. The second kappa shape index (κ2) is 8.26. The molecule has 0 radical (unpaired) electrons. The SMILES string of the molecule is O=C(c1ccc(OC(F)(F)F)cc1)N(Cc1ccccn1)c1ccc(F)cc1F. The average Bonchev–Trinajstić information content (AvgIpc) is 2.66. The lowest BCUT2D eigenvalue weighted by atomic mass is 10.1. The highest BCUT2D eigenvalue weighted by molar-refractivity contribution is 6.06. The van der Waals surface area contributed by atoms with Gasteiger partial charge < -0.3 is 4.74 Å². The topological polar surface area (TPSA) is 42.4 Å². The number of ether oxygens (including phenoxy) is 1. The van der Waals surface area contributed by atoms with E-state index in [1.165, 1.54) is 6.20 Å². The fourth-order valence-electron chi connectivity index (χ4n) is 2.58. The minimum atomic E-state index is -4.87. The van der Waals surface area contributed by atoms with Gasteiger partial charge in [0.1, 0.15) is 17.4 Å². The highest BCUT2D eigenvalue weighted by Crippen LogP contribution is 2.26. The van der Waals surface area contributed by atoms with E-state index in [0.29, 0.717) is 11.8 Å². The summed E-state index contributed by atoms with van der Waals surface area (Å²) in [6.07, 6.45) is -3.38. The summed E-state index contributed by atoms with van der Waals surface area (Å²) in [7, 11) is 0.